The lowest BCUT2D eigenvalue weighted by Crippen LogP contribution is -2.10. The predicted octanol–water partition coefficient (Wildman–Crippen LogP) is 0.886. The molecule has 3 nitrogen and oxygen atoms in total. The Morgan fingerprint density at radius 1 is 1.50 bits per heavy atom. The predicted molar refractivity (Wildman–Crippen MR) is 47.5 cm³/mol. The van der Waals surface area contributed by atoms with Gasteiger partial charge in [0, 0.05) is 5.69 Å². The molecule has 0 bridgehead atoms. The molecule has 1 aromatic rings. The van der Waals surface area contributed by atoms with Crippen LogP contribution in [0.15, 0.2) is 24.3 Å². The molecule has 1 aliphatic rings. The van der Waals surface area contributed by atoms with Crippen LogP contribution in [-0.4, -0.2) is 13.3 Å². The molecule has 1 aliphatic heterocycles. The van der Waals surface area contributed by atoms with Crippen LogP contribution in [0, 0.1) is 0 Å². The Morgan fingerprint density at radius 3 is 2.92 bits per heavy atom. The number of hydrogen-bond acceptors (Lipinski definition) is 3. The van der Waals surface area contributed by atoms with E-state index in [-0.39, 0.29) is 12.3 Å². The maximum Gasteiger partial charge on any atom is 0.139 e. The molecular weight excluding hydrogens is 152 g/mol. The smallest absolute Gasteiger partial charge is 0.139 e. The third-order valence-corrected chi connectivity index (χ3v) is 2.02. The van der Waals surface area contributed by atoms with Crippen molar-refractivity contribution in [3.63, 3.8) is 0 Å². The van der Waals surface area contributed by atoms with E-state index in [1.807, 2.05) is 31.3 Å². The highest BCUT2D eigenvalue weighted by Crippen LogP contribution is 2.36. The van der Waals surface area contributed by atoms with Crippen molar-refractivity contribution in [1.82, 2.24) is 5.32 Å². The van der Waals surface area contributed by atoms with Gasteiger partial charge in [0.25, 0.3) is 0 Å². The van der Waals surface area contributed by atoms with Gasteiger partial charge >= 0.3 is 0 Å². The quantitative estimate of drug-likeness (QED) is 0.504. The maximum absolute atomic E-state index is 5.64. The first-order valence-corrected chi connectivity index (χ1v) is 3.99. The fourth-order valence-electron chi connectivity index (χ4n) is 1.32. The van der Waals surface area contributed by atoms with Crippen LogP contribution in [0.4, 0.5) is 5.69 Å². The van der Waals surface area contributed by atoms with Crippen molar-refractivity contribution < 1.29 is 4.74 Å². The molecule has 1 aromatic carbocycles. The van der Waals surface area contributed by atoms with Gasteiger partial charge in [0.15, 0.2) is 0 Å². The molecule has 1 heterocycles. The molecule has 2 unspecified atom stereocenters. The Kier molecular flexibility index (Phi) is 1.75. The van der Waals surface area contributed by atoms with E-state index < -0.39 is 0 Å². The van der Waals surface area contributed by atoms with Gasteiger partial charge in [0.05, 0.1) is 0 Å². The molecule has 2 rings (SSSR count). The summed E-state index contributed by atoms with van der Waals surface area (Å²) in [6.45, 7) is 0. The molecule has 12 heavy (non-hydrogen) atoms. The van der Waals surface area contributed by atoms with Crippen LogP contribution in [0.5, 0.6) is 0 Å². The zero-order valence-electron chi connectivity index (χ0n) is 6.95. The van der Waals surface area contributed by atoms with Gasteiger partial charge < -0.3 is 10.5 Å². The number of epoxide rings is 1. The third kappa shape index (κ3) is 1.29. The van der Waals surface area contributed by atoms with Crippen molar-refractivity contribution in [2.45, 2.75) is 12.3 Å². The molecule has 0 radical (unpaired) electrons. The largest absolute Gasteiger partial charge is 0.399 e. The summed E-state index contributed by atoms with van der Waals surface area (Å²) in [4.78, 5) is 0. The van der Waals surface area contributed by atoms with Crippen LogP contribution < -0.4 is 11.1 Å². The van der Waals surface area contributed by atoms with E-state index in [1.165, 1.54) is 0 Å². The molecule has 3 N–H and O–H groups in total. The second kappa shape index (κ2) is 2.77. The van der Waals surface area contributed by atoms with Gasteiger partial charge in [-0.25, -0.2) is 0 Å². The number of rotatable bonds is 2. The van der Waals surface area contributed by atoms with Gasteiger partial charge in [-0.05, 0) is 24.7 Å². The first kappa shape index (κ1) is 7.58. The van der Waals surface area contributed by atoms with Gasteiger partial charge in [0.2, 0.25) is 0 Å². The Morgan fingerprint density at radius 2 is 2.33 bits per heavy atom. The number of likely N-dealkylation sites (N-methyl/N-ethyl adjacent to an activating group) is 1. The Balaban J connectivity index is 2.14. The lowest BCUT2D eigenvalue weighted by molar-refractivity contribution is 0.356. The summed E-state index contributed by atoms with van der Waals surface area (Å²) in [5.74, 6) is 0. The number of ether oxygens (including phenoxy) is 1. The zero-order chi connectivity index (χ0) is 8.55. The number of hydrogen-bond donors (Lipinski definition) is 2. The molecule has 0 aliphatic carbocycles. The molecule has 3 heteroatoms. The van der Waals surface area contributed by atoms with Gasteiger partial charge in [-0.2, -0.15) is 0 Å². The Labute approximate surface area is 71.5 Å². The number of nitrogens with one attached hydrogen (secondary N) is 1. The van der Waals surface area contributed by atoms with Crippen LogP contribution in [0.2, 0.25) is 0 Å². The fraction of sp³-hybridized carbons (Fsp3) is 0.333. The van der Waals surface area contributed by atoms with E-state index in [4.69, 9.17) is 10.5 Å². The van der Waals surface area contributed by atoms with E-state index in [1.54, 1.807) is 0 Å². The molecular formula is C9H12N2O. The maximum atomic E-state index is 5.64. The van der Waals surface area contributed by atoms with Crippen LogP contribution in [0.25, 0.3) is 0 Å². The van der Waals surface area contributed by atoms with Crippen LogP contribution >= 0.6 is 0 Å². The summed E-state index contributed by atoms with van der Waals surface area (Å²) in [5.41, 5.74) is 7.57. The number of anilines is 1. The van der Waals surface area contributed by atoms with Crippen molar-refractivity contribution in [3.05, 3.63) is 29.8 Å². The summed E-state index contributed by atoms with van der Waals surface area (Å²) in [6.07, 6.45) is 0.366. The van der Waals surface area contributed by atoms with E-state index in [0.717, 1.165) is 11.3 Å². The van der Waals surface area contributed by atoms with Crippen molar-refractivity contribution in [3.8, 4) is 0 Å². The van der Waals surface area contributed by atoms with Gasteiger partial charge in [-0.15, -0.1) is 0 Å². The minimum absolute atomic E-state index is 0.173. The Hall–Kier alpha value is -1.06. The molecule has 64 valence electrons. The van der Waals surface area contributed by atoms with E-state index in [0.29, 0.717) is 0 Å². The zero-order valence-corrected chi connectivity index (χ0v) is 6.95. The summed E-state index contributed by atoms with van der Waals surface area (Å²) in [6, 6.07) is 7.79. The topological polar surface area (TPSA) is 50.6 Å². The minimum atomic E-state index is 0.173. The average Bonchev–Trinajstić information content (AvgIpc) is 2.83. The second-order valence-electron chi connectivity index (χ2n) is 2.94. The number of nitrogen functional groups attached to an aromatic ring is 1. The second-order valence-corrected chi connectivity index (χ2v) is 2.94. The van der Waals surface area contributed by atoms with Gasteiger partial charge in [-0.3, -0.25) is 5.32 Å². The van der Waals surface area contributed by atoms with Crippen molar-refractivity contribution in [2.75, 3.05) is 12.8 Å². The summed E-state index contributed by atoms with van der Waals surface area (Å²) >= 11 is 0. The average molecular weight is 164 g/mol. The molecule has 0 amide bonds. The SMILES string of the molecule is CNC1OC1c1cccc(N)c1. The minimum Gasteiger partial charge on any atom is -0.399 e. The molecule has 0 spiro atoms. The van der Waals surface area contributed by atoms with Crippen LogP contribution in [0.3, 0.4) is 0 Å². The summed E-state index contributed by atoms with van der Waals surface area (Å²) in [5, 5.41) is 3.04. The third-order valence-electron chi connectivity index (χ3n) is 2.02. The normalized spacial score (nSPS) is 27.1. The lowest BCUT2D eigenvalue weighted by Gasteiger charge is -1.96. The van der Waals surface area contributed by atoms with Gasteiger partial charge in [0.1, 0.15) is 12.3 Å². The summed E-state index contributed by atoms with van der Waals surface area (Å²) in [7, 11) is 1.89. The molecule has 0 aromatic heterocycles. The van der Waals surface area contributed by atoms with Crippen molar-refractivity contribution in [1.29, 1.82) is 0 Å². The first-order valence-electron chi connectivity index (χ1n) is 3.99. The number of nitrogens with two attached hydrogens (primary N) is 1. The van der Waals surface area contributed by atoms with Crippen molar-refractivity contribution >= 4 is 5.69 Å². The molecule has 1 fully saturated rings. The number of benzene rings is 1. The van der Waals surface area contributed by atoms with E-state index in [2.05, 4.69) is 5.32 Å². The van der Waals surface area contributed by atoms with Gasteiger partial charge in [-0.1, -0.05) is 12.1 Å². The lowest BCUT2D eigenvalue weighted by atomic mass is 10.1. The molecule has 1 saturated heterocycles. The highest BCUT2D eigenvalue weighted by molar-refractivity contribution is 5.42. The fourth-order valence-corrected chi connectivity index (χ4v) is 1.32. The van der Waals surface area contributed by atoms with E-state index in [9.17, 15) is 0 Å². The highest BCUT2D eigenvalue weighted by atomic mass is 16.6. The Bertz CT molecular complexity index is 288. The van der Waals surface area contributed by atoms with Crippen LogP contribution in [-0.2, 0) is 4.74 Å². The highest BCUT2D eigenvalue weighted by Gasteiger charge is 2.38. The van der Waals surface area contributed by atoms with Crippen molar-refractivity contribution in [2.24, 2.45) is 0 Å². The molecule has 2 atom stereocenters. The summed E-state index contributed by atoms with van der Waals surface area (Å²) < 4.78 is 5.34. The molecule has 0 saturated carbocycles. The van der Waals surface area contributed by atoms with E-state index >= 15 is 0 Å². The first-order chi connectivity index (χ1) is 5.81. The monoisotopic (exact) mass is 164 g/mol. The van der Waals surface area contributed by atoms with Crippen LogP contribution in [0.1, 0.15) is 11.7 Å². The standard InChI is InChI=1S/C9H12N2O/c1-11-9-8(12-9)6-3-2-4-7(10)5-6/h2-5,8-9,11H,10H2,1H3.